The molecule has 0 aromatic heterocycles. The van der Waals surface area contributed by atoms with Crippen molar-refractivity contribution in [2.45, 2.75) is 0 Å². The number of hydrogen-bond donors (Lipinski definition) is 2. The third-order valence-electron chi connectivity index (χ3n) is 2.10. The number of carbonyl (C=O) groups excluding carboxylic acids is 2. The van der Waals surface area contributed by atoms with Gasteiger partial charge in [-0.25, -0.2) is 0 Å². The summed E-state index contributed by atoms with van der Waals surface area (Å²) in [7, 11) is 0. The van der Waals surface area contributed by atoms with E-state index in [1.54, 1.807) is 24.3 Å². The van der Waals surface area contributed by atoms with E-state index in [2.05, 4.69) is 0 Å². The smallest absolute Gasteiger partial charge is 0.290 e. The Labute approximate surface area is 101 Å². The molecule has 0 bridgehead atoms. The standard InChI is InChI=1S/C10H6ClNO2.CH2O2/c11-7-8(12)10(14)6-4-2-1-3-5(6)9(7)13;2-1-3/h1-4H,12H2;1H,(H,2,3). The van der Waals surface area contributed by atoms with Gasteiger partial charge in [0.2, 0.25) is 11.6 Å². The van der Waals surface area contributed by atoms with Gasteiger partial charge in [0, 0.05) is 11.1 Å². The first-order valence-corrected chi connectivity index (χ1v) is 4.84. The molecule has 88 valence electrons. The van der Waals surface area contributed by atoms with Gasteiger partial charge in [0.15, 0.2) is 0 Å². The van der Waals surface area contributed by atoms with Crippen LogP contribution in [0.2, 0.25) is 0 Å². The SMILES string of the molecule is NC1=C(Cl)C(=O)c2ccccc2C1=O.O=CO. The lowest BCUT2D eigenvalue weighted by atomic mass is 9.93. The van der Waals surface area contributed by atoms with Crippen molar-refractivity contribution < 1.29 is 19.5 Å². The summed E-state index contributed by atoms with van der Waals surface area (Å²) in [5.74, 6) is -0.774. The molecule has 0 spiro atoms. The van der Waals surface area contributed by atoms with Crippen molar-refractivity contribution in [3.63, 3.8) is 0 Å². The Kier molecular flexibility index (Phi) is 4.01. The lowest BCUT2D eigenvalue weighted by molar-refractivity contribution is -0.122. The fraction of sp³-hybridized carbons (Fsp3) is 0. The zero-order valence-electron chi connectivity index (χ0n) is 8.51. The average molecular weight is 254 g/mol. The van der Waals surface area contributed by atoms with E-state index in [0.29, 0.717) is 11.1 Å². The molecule has 1 aliphatic rings. The van der Waals surface area contributed by atoms with E-state index < -0.39 is 0 Å². The van der Waals surface area contributed by atoms with E-state index in [1.807, 2.05) is 0 Å². The molecular weight excluding hydrogens is 246 g/mol. The monoisotopic (exact) mass is 253 g/mol. The molecule has 5 nitrogen and oxygen atoms in total. The Bertz CT molecular complexity index is 479. The number of Topliss-reactive ketones (excluding diaryl/α,β-unsaturated/α-hetero) is 2. The van der Waals surface area contributed by atoms with Crippen molar-refractivity contribution in [3.05, 3.63) is 46.1 Å². The fourth-order valence-electron chi connectivity index (χ4n) is 1.36. The van der Waals surface area contributed by atoms with E-state index in [4.69, 9.17) is 27.2 Å². The maximum Gasteiger partial charge on any atom is 0.290 e. The lowest BCUT2D eigenvalue weighted by Gasteiger charge is -2.13. The first-order valence-electron chi connectivity index (χ1n) is 4.46. The molecule has 1 aliphatic carbocycles. The van der Waals surface area contributed by atoms with Crippen molar-refractivity contribution >= 4 is 29.6 Å². The van der Waals surface area contributed by atoms with Crippen LogP contribution in [0.1, 0.15) is 20.7 Å². The molecule has 0 saturated carbocycles. The first-order chi connectivity index (χ1) is 8.04. The van der Waals surface area contributed by atoms with Crippen molar-refractivity contribution in [1.82, 2.24) is 0 Å². The summed E-state index contributed by atoms with van der Waals surface area (Å²) >= 11 is 5.62. The second-order valence-corrected chi connectivity index (χ2v) is 3.41. The Hall–Kier alpha value is -2.14. The van der Waals surface area contributed by atoms with Crippen molar-refractivity contribution in [2.75, 3.05) is 0 Å². The van der Waals surface area contributed by atoms with Crippen LogP contribution in [-0.4, -0.2) is 23.1 Å². The summed E-state index contributed by atoms with van der Waals surface area (Å²) in [5, 5.41) is 6.70. The Morgan fingerprint density at radius 1 is 1.12 bits per heavy atom. The molecule has 17 heavy (non-hydrogen) atoms. The molecule has 3 N–H and O–H groups in total. The highest BCUT2D eigenvalue weighted by Crippen LogP contribution is 2.25. The molecule has 0 unspecified atom stereocenters. The number of ketones is 2. The predicted molar refractivity (Wildman–Crippen MR) is 60.9 cm³/mol. The molecule has 0 heterocycles. The number of allylic oxidation sites excluding steroid dienone is 2. The molecule has 6 heteroatoms. The van der Waals surface area contributed by atoms with Crippen LogP contribution in [0.4, 0.5) is 0 Å². The molecule has 1 aromatic carbocycles. The maximum atomic E-state index is 11.6. The van der Waals surface area contributed by atoms with Gasteiger partial charge in [-0.15, -0.1) is 0 Å². The van der Waals surface area contributed by atoms with Crippen molar-refractivity contribution in [1.29, 1.82) is 0 Å². The predicted octanol–water partition coefficient (Wildman–Crippen LogP) is 1.18. The number of halogens is 1. The van der Waals surface area contributed by atoms with Crippen LogP contribution < -0.4 is 5.73 Å². The summed E-state index contributed by atoms with van der Waals surface area (Å²) in [6.45, 7) is -0.250. The zero-order valence-corrected chi connectivity index (χ0v) is 9.27. The van der Waals surface area contributed by atoms with Gasteiger partial charge in [-0.2, -0.15) is 0 Å². The molecule has 0 saturated heterocycles. The highest BCUT2D eigenvalue weighted by Gasteiger charge is 2.29. The zero-order chi connectivity index (χ0) is 13.0. The summed E-state index contributed by atoms with van der Waals surface area (Å²) in [6, 6.07) is 6.47. The molecule has 0 aliphatic heterocycles. The van der Waals surface area contributed by atoms with Gasteiger partial charge in [-0.1, -0.05) is 35.9 Å². The van der Waals surface area contributed by atoms with Gasteiger partial charge in [0.25, 0.3) is 6.47 Å². The van der Waals surface area contributed by atoms with Gasteiger partial charge < -0.3 is 10.8 Å². The van der Waals surface area contributed by atoms with Crippen LogP contribution in [-0.2, 0) is 4.79 Å². The second-order valence-electron chi connectivity index (χ2n) is 3.04. The first kappa shape index (κ1) is 12.9. The number of rotatable bonds is 0. The second kappa shape index (κ2) is 5.27. The molecular formula is C11H8ClNO4. The molecule has 0 atom stereocenters. The Morgan fingerprint density at radius 2 is 1.53 bits per heavy atom. The topological polar surface area (TPSA) is 97.5 Å². The summed E-state index contributed by atoms with van der Waals surface area (Å²) < 4.78 is 0. The summed E-state index contributed by atoms with van der Waals surface area (Å²) in [6.07, 6.45) is 0. The van der Waals surface area contributed by atoms with Gasteiger partial charge in [0.05, 0.1) is 0 Å². The quantitative estimate of drug-likeness (QED) is 0.677. The summed E-state index contributed by atoms with van der Waals surface area (Å²) in [4.78, 5) is 31.5. The van der Waals surface area contributed by atoms with Crippen LogP contribution in [0.5, 0.6) is 0 Å². The third-order valence-corrected chi connectivity index (χ3v) is 2.47. The van der Waals surface area contributed by atoms with Crippen molar-refractivity contribution in [2.24, 2.45) is 5.73 Å². The van der Waals surface area contributed by atoms with Crippen LogP contribution in [0, 0.1) is 0 Å². The number of benzene rings is 1. The minimum Gasteiger partial charge on any atom is -0.483 e. The van der Waals surface area contributed by atoms with E-state index in [0.717, 1.165) is 0 Å². The minimum absolute atomic E-state index is 0.171. The molecule has 2 rings (SSSR count). The number of carboxylic acid groups (broad SMARTS) is 1. The normalized spacial score (nSPS) is 13.7. The highest BCUT2D eigenvalue weighted by atomic mass is 35.5. The largest absolute Gasteiger partial charge is 0.483 e. The average Bonchev–Trinajstić information content (AvgIpc) is 2.35. The third kappa shape index (κ3) is 2.34. The van der Waals surface area contributed by atoms with Gasteiger partial charge in [-0.3, -0.25) is 14.4 Å². The number of fused-ring (bicyclic) bond motifs is 1. The molecule has 1 aromatic rings. The van der Waals surface area contributed by atoms with Crippen LogP contribution in [0.15, 0.2) is 35.0 Å². The molecule has 0 amide bonds. The van der Waals surface area contributed by atoms with Gasteiger partial charge in [-0.05, 0) is 0 Å². The van der Waals surface area contributed by atoms with Gasteiger partial charge in [0.1, 0.15) is 10.7 Å². The van der Waals surface area contributed by atoms with E-state index in [-0.39, 0.29) is 28.8 Å². The Morgan fingerprint density at radius 3 is 2.00 bits per heavy atom. The van der Waals surface area contributed by atoms with Gasteiger partial charge >= 0.3 is 0 Å². The molecule has 0 fully saturated rings. The van der Waals surface area contributed by atoms with Crippen LogP contribution in [0.3, 0.4) is 0 Å². The highest BCUT2D eigenvalue weighted by molar-refractivity contribution is 6.49. The number of carbonyl (C=O) groups is 3. The lowest BCUT2D eigenvalue weighted by Crippen LogP contribution is -2.24. The van der Waals surface area contributed by atoms with Crippen LogP contribution in [0.25, 0.3) is 0 Å². The van der Waals surface area contributed by atoms with E-state index in [1.165, 1.54) is 0 Å². The molecule has 0 radical (unpaired) electrons. The van der Waals surface area contributed by atoms with E-state index >= 15 is 0 Å². The van der Waals surface area contributed by atoms with Crippen molar-refractivity contribution in [3.8, 4) is 0 Å². The van der Waals surface area contributed by atoms with Crippen LogP contribution >= 0.6 is 11.6 Å². The van der Waals surface area contributed by atoms with E-state index in [9.17, 15) is 9.59 Å². The maximum absolute atomic E-state index is 11.6. The number of hydrogen-bond acceptors (Lipinski definition) is 4. The summed E-state index contributed by atoms with van der Waals surface area (Å²) in [5.41, 5.74) is 5.87. The Balaban J connectivity index is 0.000000437. The fourth-order valence-corrected chi connectivity index (χ4v) is 1.55. The number of nitrogens with two attached hydrogens (primary N) is 1. The minimum atomic E-state index is -0.389.